The molecule has 0 saturated heterocycles. The third-order valence-electron chi connectivity index (χ3n) is 2.48. The van der Waals surface area contributed by atoms with Crippen LogP contribution >= 0.6 is 11.8 Å². The standard InChI is InChI=1S/C13H18N4S/c1-4-18-13-16-15-12(17(13)9-10(2)3)11-5-7-14-8-6-11/h5-8,10H,4,9H2,1-3H3. The monoisotopic (exact) mass is 262 g/mol. The molecule has 0 aromatic carbocycles. The first kappa shape index (κ1) is 13.1. The molecule has 0 radical (unpaired) electrons. The molecule has 2 rings (SSSR count). The highest BCUT2D eigenvalue weighted by Gasteiger charge is 2.14. The molecule has 0 aliphatic carbocycles. The molecule has 0 N–H and O–H groups in total. The summed E-state index contributed by atoms with van der Waals surface area (Å²) in [5.41, 5.74) is 1.07. The molecule has 0 aliphatic heterocycles. The highest BCUT2D eigenvalue weighted by Crippen LogP contribution is 2.24. The van der Waals surface area contributed by atoms with E-state index in [1.165, 1.54) is 0 Å². The highest BCUT2D eigenvalue weighted by molar-refractivity contribution is 7.99. The molecule has 4 nitrogen and oxygen atoms in total. The molecule has 2 heterocycles. The number of hydrogen-bond donors (Lipinski definition) is 0. The minimum atomic E-state index is 0.567. The normalized spacial score (nSPS) is 11.1. The minimum absolute atomic E-state index is 0.567. The summed E-state index contributed by atoms with van der Waals surface area (Å²) in [6.45, 7) is 7.48. The van der Waals surface area contributed by atoms with Crippen molar-refractivity contribution >= 4 is 11.8 Å². The topological polar surface area (TPSA) is 43.6 Å². The van der Waals surface area contributed by atoms with Crippen molar-refractivity contribution in [3.63, 3.8) is 0 Å². The third kappa shape index (κ3) is 2.90. The van der Waals surface area contributed by atoms with E-state index in [4.69, 9.17) is 0 Å². The Labute approximate surface area is 112 Å². The zero-order valence-electron chi connectivity index (χ0n) is 11.0. The molecular formula is C13H18N4S. The summed E-state index contributed by atoms with van der Waals surface area (Å²) < 4.78 is 2.20. The zero-order valence-corrected chi connectivity index (χ0v) is 11.8. The zero-order chi connectivity index (χ0) is 13.0. The lowest BCUT2D eigenvalue weighted by Gasteiger charge is -2.11. The maximum atomic E-state index is 4.32. The first-order chi connectivity index (χ1) is 8.72. The fraction of sp³-hybridized carbons (Fsp3) is 0.462. The summed E-state index contributed by atoms with van der Waals surface area (Å²) in [5, 5.41) is 9.61. The van der Waals surface area contributed by atoms with Gasteiger partial charge in [0.15, 0.2) is 11.0 Å². The van der Waals surface area contributed by atoms with Crippen LogP contribution in [0.3, 0.4) is 0 Å². The fourth-order valence-corrected chi connectivity index (χ4v) is 2.44. The lowest BCUT2D eigenvalue weighted by atomic mass is 10.2. The number of hydrogen-bond acceptors (Lipinski definition) is 4. The summed E-state index contributed by atoms with van der Waals surface area (Å²) in [6, 6.07) is 3.95. The van der Waals surface area contributed by atoms with Gasteiger partial charge in [-0.3, -0.25) is 4.98 Å². The molecule has 0 saturated carbocycles. The van der Waals surface area contributed by atoms with Crippen LogP contribution in [0.15, 0.2) is 29.7 Å². The van der Waals surface area contributed by atoms with E-state index >= 15 is 0 Å². The Kier molecular flexibility index (Phi) is 4.36. The van der Waals surface area contributed by atoms with Gasteiger partial charge in [-0.2, -0.15) is 0 Å². The Morgan fingerprint density at radius 1 is 1.22 bits per heavy atom. The van der Waals surface area contributed by atoms with Crippen molar-refractivity contribution in [3.05, 3.63) is 24.5 Å². The van der Waals surface area contributed by atoms with Gasteiger partial charge >= 0.3 is 0 Å². The first-order valence-corrected chi connectivity index (χ1v) is 7.17. The minimum Gasteiger partial charge on any atom is -0.302 e. The third-order valence-corrected chi connectivity index (χ3v) is 3.33. The van der Waals surface area contributed by atoms with Gasteiger partial charge in [0.05, 0.1) is 0 Å². The van der Waals surface area contributed by atoms with E-state index in [-0.39, 0.29) is 0 Å². The van der Waals surface area contributed by atoms with Crippen molar-refractivity contribution in [2.75, 3.05) is 5.75 Å². The quantitative estimate of drug-likeness (QED) is 0.777. The predicted octanol–water partition coefficient (Wildman–Crippen LogP) is 3.11. The highest BCUT2D eigenvalue weighted by atomic mass is 32.2. The van der Waals surface area contributed by atoms with Crippen molar-refractivity contribution in [2.45, 2.75) is 32.5 Å². The van der Waals surface area contributed by atoms with Crippen LogP contribution < -0.4 is 0 Å². The summed E-state index contributed by atoms with van der Waals surface area (Å²) in [6.07, 6.45) is 3.58. The van der Waals surface area contributed by atoms with Gasteiger partial charge in [-0.1, -0.05) is 32.5 Å². The average molecular weight is 262 g/mol. The van der Waals surface area contributed by atoms with Gasteiger partial charge in [-0.05, 0) is 23.8 Å². The van der Waals surface area contributed by atoms with Crippen LogP contribution in [-0.4, -0.2) is 25.5 Å². The van der Waals surface area contributed by atoms with E-state index < -0.39 is 0 Å². The van der Waals surface area contributed by atoms with Crippen molar-refractivity contribution < 1.29 is 0 Å². The fourth-order valence-electron chi connectivity index (χ4n) is 1.77. The Morgan fingerprint density at radius 3 is 2.56 bits per heavy atom. The van der Waals surface area contributed by atoms with Crippen molar-refractivity contribution in [1.29, 1.82) is 0 Å². The Morgan fingerprint density at radius 2 is 1.94 bits per heavy atom. The Bertz CT molecular complexity index is 493. The molecular weight excluding hydrogens is 244 g/mol. The number of pyridine rings is 1. The van der Waals surface area contributed by atoms with Crippen LogP contribution in [0.4, 0.5) is 0 Å². The maximum Gasteiger partial charge on any atom is 0.191 e. The summed E-state index contributed by atoms with van der Waals surface area (Å²) in [5.74, 6) is 2.51. The van der Waals surface area contributed by atoms with Gasteiger partial charge in [0, 0.05) is 24.5 Å². The molecule has 0 fully saturated rings. The molecule has 5 heteroatoms. The lowest BCUT2D eigenvalue weighted by Crippen LogP contribution is -2.07. The van der Waals surface area contributed by atoms with Crippen LogP contribution in [0.2, 0.25) is 0 Å². The molecule has 0 amide bonds. The van der Waals surface area contributed by atoms with Crippen LogP contribution in [0, 0.1) is 5.92 Å². The van der Waals surface area contributed by atoms with Gasteiger partial charge < -0.3 is 4.57 Å². The van der Waals surface area contributed by atoms with Crippen molar-refractivity contribution in [1.82, 2.24) is 19.7 Å². The number of thioether (sulfide) groups is 1. The Hall–Kier alpha value is -1.36. The molecule has 0 bridgehead atoms. The number of nitrogens with zero attached hydrogens (tertiary/aromatic N) is 4. The van der Waals surface area contributed by atoms with Crippen LogP contribution in [-0.2, 0) is 6.54 Å². The second-order valence-corrected chi connectivity index (χ2v) is 5.71. The first-order valence-electron chi connectivity index (χ1n) is 6.18. The van der Waals surface area contributed by atoms with Gasteiger partial charge in [0.25, 0.3) is 0 Å². The molecule has 0 spiro atoms. The van der Waals surface area contributed by atoms with E-state index in [1.54, 1.807) is 24.2 Å². The largest absolute Gasteiger partial charge is 0.302 e. The van der Waals surface area contributed by atoms with E-state index in [0.717, 1.165) is 28.8 Å². The molecule has 96 valence electrons. The SMILES string of the molecule is CCSc1nnc(-c2ccncc2)n1CC(C)C. The predicted molar refractivity (Wildman–Crippen MR) is 74.5 cm³/mol. The summed E-state index contributed by atoms with van der Waals surface area (Å²) in [7, 11) is 0. The lowest BCUT2D eigenvalue weighted by molar-refractivity contribution is 0.498. The van der Waals surface area contributed by atoms with Gasteiger partial charge in [0.2, 0.25) is 0 Å². The summed E-state index contributed by atoms with van der Waals surface area (Å²) >= 11 is 1.73. The van der Waals surface area contributed by atoms with Crippen LogP contribution in [0.25, 0.3) is 11.4 Å². The summed E-state index contributed by atoms with van der Waals surface area (Å²) in [4.78, 5) is 4.04. The average Bonchev–Trinajstić information content (AvgIpc) is 2.73. The maximum absolute atomic E-state index is 4.32. The van der Waals surface area contributed by atoms with E-state index in [0.29, 0.717) is 5.92 Å². The number of aromatic nitrogens is 4. The number of rotatable bonds is 5. The molecule has 0 aliphatic rings. The van der Waals surface area contributed by atoms with E-state index in [9.17, 15) is 0 Å². The molecule has 2 aromatic heterocycles. The smallest absolute Gasteiger partial charge is 0.191 e. The molecule has 18 heavy (non-hydrogen) atoms. The van der Waals surface area contributed by atoms with E-state index in [2.05, 4.69) is 40.5 Å². The molecule has 2 aromatic rings. The second kappa shape index (κ2) is 6.00. The van der Waals surface area contributed by atoms with Gasteiger partial charge in [-0.15, -0.1) is 10.2 Å². The molecule has 0 atom stereocenters. The van der Waals surface area contributed by atoms with Crippen LogP contribution in [0.1, 0.15) is 20.8 Å². The Balaban J connectivity index is 2.41. The van der Waals surface area contributed by atoms with Crippen molar-refractivity contribution in [2.24, 2.45) is 5.92 Å². The molecule has 0 unspecified atom stereocenters. The van der Waals surface area contributed by atoms with Crippen LogP contribution in [0.5, 0.6) is 0 Å². The van der Waals surface area contributed by atoms with Gasteiger partial charge in [-0.25, -0.2) is 0 Å². The van der Waals surface area contributed by atoms with E-state index in [1.807, 2.05) is 12.1 Å². The van der Waals surface area contributed by atoms with Crippen molar-refractivity contribution in [3.8, 4) is 11.4 Å². The van der Waals surface area contributed by atoms with Gasteiger partial charge in [0.1, 0.15) is 0 Å². The second-order valence-electron chi connectivity index (χ2n) is 4.48.